The lowest BCUT2D eigenvalue weighted by molar-refractivity contribution is 0.685. The van der Waals surface area contributed by atoms with Crippen molar-refractivity contribution in [1.82, 2.24) is 4.90 Å². The van der Waals surface area contributed by atoms with Crippen LogP contribution in [0.4, 0.5) is 0 Å². The molecule has 0 fully saturated rings. The topological polar surface area (TPSA) is 15.6 Å². The first-order chi connectivity index (χ1) is 7.27. The van der Waals surface area contributed by atoms with E-state index in [0.29, 0.717) is 0 Å². The monoisotopic (exact) mass is 234 g/mol. The van der Waals surface area contributed by atoms with E-state index in [0.717, 1.165) is 23.2 Å². The van der Waals surface area contributed by atoms with Gasteiger partial charge < -0.3 is 4.90 Å². The molecule has 0 atom stereocenters. The zero-order chi connectivity index (χ0) is 10.4. The second kappa shape index (κ2) is 3.32. The molecule has 2 aliphatic rings. The molecule has 4 heteroatoms. The average molecular weight is 234 g/mol. The van der Waals surface area contributed by atoms with Crippen molar-refractivity contribution in [2.45, 2.75) is 11.8 Å². The highest BCUT2D eigenvalue weighted by atomic mass is 32.2. The maximum atomic E-state index is 5.37. The number of nitrogens with zero attached hydrogens (tertiary/aromatic N) is 2. The molecule has 0 radical (unpaired) electrons. The molecule has 3 rings (SSSR count). The van der Waals surface area contributed by atoms with Crippen molar-refractivity contribution in [2.75, 3.05) is 13.1 Å². The Morgan fingerprint density at radius 2 is 2.33 bits per heavy atom. The fraction of sp³-hybridized carbons (Fsp3) is 0.273. The van der Waals surface area contributed by atoms with E-state index in [9.17, 15) is 0 Å². The molecule has 2 heterocycles. The summed E-state index contributed by atoms with van der Waals surface area (Å²) in [6.45, 7) is 3.94. The molecule has 2 nitrogen and oxygen atoms in total. The second-order valence-electron chi connectivity index (χ2n) is 3.67. The predicted molar refractivity (Wildman–Crippen MR) is 67.7 cm³/mol. The van der Waals surface area contributed by atoms with Gasteiger partial charge in [0.15, 0.2) is 0 Å². The van der Waals surface area contributed by atoms with Gasteiger partial charge in [-0.15, -0.1) is 0 Å². The fourth-order valence-electron chi connectivity index (χ4n) is 2.00. The first kappa shape index (κ1) is 9.36. The Kier molecular flexibility index (Phi) is 2.07. The number of fused-ring (bicyclic) bond motifs is 3. The number of thiocarbonyl (C=S) groups is 1. The van der Waals surface area contributed by atoms with Crippen molar-refractivity contribution in [3.05, 3.63) is 29.3 Å². The molecule has 0 N–H and O–H groups in total. The Hall–Kier alpha value is -0.870. The standard InChI is InChI=1S/C11H10N2S2/c1-7-3-2-4-8-9(7)10-12-5-6-13(10)11(14)15-8/h2-4H,5-6H2,1H3. The minimum absolute atomic E-state index is 0.865. The molecule has 76 valence electrons. The maximum Gasteiger partial charge on any atom is 0.146 e. The van der Waals surface area contributed by atoms with Crippen LogP contribution in [0.3, 0.4) is 0 Å². The molecule has 0 aromatic heterocycles. The van der Waals surface area contributed by atoms with Gasteiger partial charge >= 0.3 is 0 Å². The molecular formula is C11H10N2S2. The lowest BCUT2D eigenvalue weighted by atomic mass is 10.1. The summed E-state index contributed by atoms with van der Waals surface area (Å²) >= 11 is 7.05. The minimum atomic E-state index is 0.865. The van der Waals surface area contributed by atoms with Crippen LogP contribution in [-0.4, -0.2) is 28.1 Å². The highest BCUT2D eigenvalue weighted by molar-refractivity contribution is 8.23. The van der Waals surface area contributed by atoms with Crippen molar-refractivity contribution in [1.29, 1.82) is 0 Å². The Morgan fingerprint density at radius 3 is 3.20 bits per heavy atom. The third-order valence-corrected chi connectivity index (χ3v) is 4.14. The van der Waals surface area contributed by atoms with Crippen molar-refractivity contribution in [3.8, 4) is 0 Å². The van der Waals surface area contributed by atoms with Crippen molar-refractivity contribution in [2.24, 2.45) is 4.99 Å². The zero-order valence-corrected chi connectivity index (χ0v) is 9.99. The van der Waals surface area contributed by atoms with Crippen LogP contribution in [-0.2, 0) is 0 Å². The van der Waals surface area contributed by atoms with Crippen molar-refractivity contribution < 1.29 is 0 Å². The van der Waals surface area contributed by atoms with Crippen LogP contribution < -0.4 is 0 Å². The summed E-state index contributed by atoms with van der Waals surface area (Å²) in [5, 5.41) is 0. The molecule has 15 heavy (non-hydrogen) atoms. The molecule has 0 spiro atoms. The van der Waals surface area contributed by atoms with Crippen LogP contribution in [0.5, 0.6) is 0 Å². The number of benzene rings is 1. The van der Waals surface area contributed by atoms with Gasteiger partial charge in [0.2, 0.25) is 0 Å². The van der Waals surface area contributed by atoms with Crippen LogP contribution in [0, 0.1) is 6.92 Å². The normalized spacial score (nSPS) is 18.6. The van der Waals surface area contributed by atoms with Gasteiger partial charge in [0, 0.05) is 17.0 Å². The number of rotatable bonds is 0. The summed E-state index contributed by atoms with van der Waals surface area (Å²) in [5.74, 6) is 1.08. The average Bonchev–Trinajstić information content (AvgIpc) is 2.66. The third kappa shape index (κ3) is 1.32. The molecule has 2 aliphatic heterocycles. The number of aliphatic imine (C=N–C) groups is 1. The van der Waals surface area contributed by atoms with Gasteiger partial charge in [0.25, 0.3) is 0 Å². The largest absolute Gasteiger partial charge is 0.310 e. The Morgan fingerprint density at radius 1 is 1.47 bits per heavy atom. The molecule has 0 aliphatic carbocycles. The minimum Gasteiger partial charge on any atom is -0.310 e. The predicted octanol–water partition coefficient (Wildman–Crippen LogP) is 2.45. The van der Waals surface area contributed by atoms with E-state index in [1.807, 2.05) is 0 Å². The summed E-state index contributed by atoms with van der Waals surface area (Å²) in [6.07, 6.45) is 0. The first-order valence-electron chi connectivity index (χ1n) is 4.91. The van der Waals surface area contributed by atoms with Crippen LogP contribution in [0.1, 0.15) is 11.1 Å². The summed E-state index contributed by atoms with van der Waals surface area (Å²) < 4.78 is 0.935. The first-order valence-corrected chi connectivity index (χ1v) is 6.13. The van der Waals surface area contributed by atoms with Crippen LogP contribution in [0.2, 0.25) is 0 Å². The van der Waals surface area contributed by atoms with Crippen LogP contribution in [0.25, 0.3) is 0 Å². The third-order valence-electron chi connectivity index (χ3n) is 2.72. The quantitative estimate of drug-likeness (QED) is 0.641. The summed E-state index contributed by atoms with van der Waals surface area (Å²) in [6, 6.07) is 6.33. The number of amidine groups is 1. The molecule has 0 unspecified atom stereocenters. The Labute approximate surface area is 98.4 Å². The summed E-state index contributed by atoms with van der Waals surface area (Å²) in [4.78, 5) is 7.95. The van der Waals surface area contributed by atoms with E-state index in [2.05, 4.69) is 35.0 Å². The molecule has 0 saturated heterocycles. The van der Waals surface area contributed by atoms with E-state index in [4.69, 9.17) is 12.2 Å². The van der Waals surface area contributed by atoms with E-state index >= 15 is 0 Å². The van der Waals surface area contributed by atoms with Gasteiger partial charge in [-0.3, -0.25) is 4.99 Å². The fourth-order valence-corrected chi connectivity index (χ4v) is 3.42. The van der Waals surface area contributed by atoms with Gasteiger partial charge in [-0.25, -0.2) is 0 Å². The van der Waals surface area contributed by atoms with Crippen LogP contribution >= 0.6 is 24.0 Å². The summed E-state index contributed by atoms with van der Waals surface area (Å²) in [7, 11) is 0. The number of hydrogen-bond acceptors (Lipinski definition) is 3. The molecule has 1 aromatic rings. The van der Waals surface area contributed by atoms with Gasteiger partial charge in [0.05, 0.1) is 6.54 Å². The smallest absolute Gasteiger partial charge is 0.146 e. The van der Waals surface area contributed by atoms with Gasteiger partial charge in [-0.05, 0) is 18.6 Å². The lowest BCUT2D eigenvalue weighted by Gasteiger charge is -2.28. The molecule has 0 saturated carbocycles. The Balaban J connectivity index is 2.25. The van der Waals surface area contributed by atoms with Crippen LogP contribution in [0.15, 0.2) is 28.1 Å². The van der Waals surface area contributed by atoms with E-state index in [1.54, 1.807) is 11.8 Å². The number of thioether (sulfide) groups is 1. The highest BCUT2D eigenvalue weighted by Crippen LogP contribution is 2.35. The van der Waals surface area contributed by atoms with E-state index in [1.165, 1.54) is 16.0 Å². The van der Waals surface area contributed by atoms with E-state index in [-0.39, 0.29) is 0 Å². The molecular weight excluding hydrogens is 224 g/mol. The van der Waals surface area contributed by atoms with Gasteiger partial charge in [-0.2, -0.15) is 0 Å². The summed E-state index contributed by atoms with van der Waals surface area (Å²) in [5.41, 5.74) is 2.56. The molecule has 0 bridgehead atoms. The zero-order valence-electron chi connectivity index (χ0n) is 8.36. The number of hydrogen-bond donors (Lipinski definition) is 0. The lowest BCUT2D eigenvalue weighted by Crippen LogP contribution is -2.35. The molecule has 0 amide bonds. The highest BCUT2D eigenvalue weighted by Gasteiger charge is 2.30. The van der Waals surface area contributed by atoms with Gasteiger partial charge in [-0.1, -0.05) is 36.1 Å². The van der Waals surface area contributed by atoms with Crippen molar-refractivity contribution in [3.63, 3.8) is 0 Å². The Bertz CT molecular complexity index is 479. The van der Waals surface area contributed by atoms with Crippen molar-refractivity contribution >= 4 is 34.1 Å². The SMILES string of the molecule is Cc1cccc2c1C1=NCCN1C(=S)S2. The number of aryl methyl sites for hydroxylation is 1. The maximum absolute atomic E-state index is 5.37. The van der Waals surface area contributed by atoms with Gasteiger partial charge in [0.1, 0.15) is 10.2 Å². The second-order valence-corrected chi connectivity index (χ2v) is 5.35. The van der Waals surface area contributed by atoms with E-state index < -0.39 is 0 Å². The molecule has 1 aromatic carbocycles.